The number of hydrogen-bond acceptors (Lipinski definition) is 3. The number of rotatable bonds is 11. The Hall–Kier alpha value is -1.88. The predicted octanol–water partition coefficient (Wildman–Crippen LogP) is 3.92. The average Bonchev–Trinajstić information content (AvgIpc) is 2.64. The van der Waals surface area contributed by atoms with Crippen LogP contribution in [-0.4, -0.2) is 39.6 Å². The molecule has 1 saturated heterocycles. The molecule has 0 aromatic heterocycles. The van der Waals surface area contributed by atoms with Gasteiger partial charge in [-0.1, -0.05) is 43.2 Å². The third-order valence-electron chi connectivity index (χ3n) is 5.19. The van der Waals surface area contributed by atoms with Gasteiger partial charge in [-0.2, -0.15) is 0 Å². The summed E-state index contributed by atoms with van der Waals surface area (Å²) < 4.78 is 0. The zero-order valence-electron chi connectivity index (χ0n) is 15.5. The highest BCUT2D eigenvalue weighted by atomic mass is 16.4. The Labute approximate surface area is 156 Å². The molecule has 5 heteroatoms. The third-order valence-corrected chi connectivity index (χ3v) is 5.19. The van der Waals surface area contributed by atoms with Crippen LogP contribution in [0.15, 0.2) is 30.3 Å². The van der Waals surface area contributed by atoms with Crippen LogP contribution in [0.4, 0.5) is 0 Å². The number of aliphatic hydroxyl groups excluding tert-OH is 1. The number of carbonyl (C=O) groups is 2. The lowest BCUT2D eigenvalue weighted by molar-refractivity contribution is -0.137. The maximum absolute atomic E-state index is 12.3. The van der Waals surface area contributed by atoms with Crippen molar-refractivity contribution in [2.45, 2.75) is 76.4 Å². The van der Waals surface area contributed by atoms with Gasteiger partial charge in [-0.05, 0) is 44.1 Å². The van der Waals surface area contributed by atoms with E-state index in [-0.39, 0.29) is 18.4 Å². The number of piperidine rings is 1. The molecule has 2 rings (SSSR count). The summed E-state index contributed by atoms with van der Waals surface area (Å²) in [6.45, 7) is 0.748. The Balaban J connectivity index is 1.76. The molecule has 1 aliphatic heterocycles. The normalized spacial score (nSPS) is 18.7. The van der Waals surface area contributed by atoms with Crippen LogP contribution in [0.25, 0.3) is 0 Å². The Bertz CT molecular complexity index is 560. The number of benzene rings is 1. The molecule has 1 heterocycles. The molecule has 1 amide bonds. The number of aliphatic hydroxyl groups is 1. The van der Waals surface area contributed by atoms with Crippen molar-refractivity contribution in [1.29, 1.82) is 0 Å². The highest BCUT2D eigenvalue weighted by molar-refractivity contribution is 5.77. The topological polar surface area (TPSA) is 77.8 Å². The van der Waals surface area contributed by atoms with Gasteiger partial charge in [-0.3, -0.25) is 9.59 Å². The number of unbranched alkanes of at least 4 members (excludes halogenated alkanes) is 3. The molecular formula is C21H31NO4. The van der Waals surface area contributed by atoms with Gasteiger partial charge < -0.3 is 15.1 Å². The van der Waals surface area contributed by atoms with Crippen molar-refractivity contribution in [3.63, 3.8) is 0 Å². The highest BCUT2D eigenvalue weighted by Gasteiger charge is 2.27. The third kappa shape index (κ3) is 6.79. The van der Waals surface area contributed by atoms with Crippen LogP contribution in [0.2, 0.25) is 0 Å². The Morgan fingerprint density at radius 2 is 1.88 bits per heavy atom. The maximum atomic E-state index is 12.3. The molecule has 0 radical (unpaired) electrons. The Morgan fingerprint density at radius 1 is 1.15 bits per heavy atom. The molecule has 1 aliphatic rings. The van der Waals surface area contributed by atoms with Crippen molar-refractivity contribution in [2.75, 3.05) is 6.54 Å². The maximum Gasteiger partial charge on any atom is 0.303 e. The van der Waals surface area contributed by atoms with Crippen LogP contribution >= 0.6 is 0 Å². The van der Waals surface area contributed by atoms with Crippen LogP contribution in [0.3, 0.4) is 0 Å². The van der Waals surface area contributed by atoms with E-state index in [2.05, 4.69) is 0 Å². The number of carboxylic acids is 1. The molecule has 2 N–H and O–H groups in total. The fourth-order valence-corrected chi connectivity index (χ4v) is 3.70. The van der Waals surface area contributed by atoms with Gasteiger partial charge in [0.25, 0.3) is 0 Å². The number of aliphatic carboxylic acids is 1. The first kappa shape index (κ1) is 20.4. The van der Waals surface area contributed by atoms with E-state index < -0.39 is 12.1 Å². The number of likely N-dealkylation sites (tertiary alicyclic amines) is 1. The summed E-state index contributed by atoms with van der Waals surface area (Å²) in [7, 11) is 0. The second kappa shape index (κ2) is 11.0. The lowest BCUT2D eigenvalue weighted by Gasteiger charge is -2.36. The standard InChI is InChI=1S/C21H31NO4/c23-19(17-9-4-3-5-10-17)15-14-18-11-8-12-20(24)22(18)16-7-2-1-6-13-21(25)26/h3-5,9-10,18-19,23H,1-2,6-8,11-16H2,(H,25,26)/t18-,19?/m1/s1. The number of carboxylic acid groups (broad SMARTS) is 1. The Kier molecular flexibility index (Phi) is 8.62. The molecule has 1 aromatic rings. The molecule has 0 spiro atoms. The largest absolute Gasteiger partial charge is 0.481 e. The lowest BCUT2D eigenvalue weighted by Crippen LogP contribution is -2.44. The van der Waals surface area contributed by atoms with Crippen molar-refractivity contribution < 1.29 is 19.8 Å². The molecular weight excluding hydrogens is 330 g/mol. The summed E-state index contributed by atoms with van der Waals surface area (Å²) in [5.41, 5.74) is 0.930. The number of carbonyl (C=O) groups excluding carboxylic acids is 1. The molecule has 0 aliphatic carbocycles. The van der Waals surface area contributed by atoms with E-state index in [0.717, 1.165) is 50.6 Å². The van der Waals surface area contributed by atoms with E-state index >= 15 is 0 Å². The van der Waals surface area contributed by atoms with Gasteiger partial charge in [0.1, 0.15) is 0 Å². The van der Waals surface area contributed by atoms with Gasteiger partial charge in [0, 0.05) is 25.4 Å². The van der Waals surface area contributed by atoms with Crippen LogP contribution in [0.1, 0.15) is 75.9 Å². The molecule has 0 bridgehead atoms. The zero-order chi connectivity index (χ0) is 18.8. The molecule has 1 aromatic carbocycles. The summed E-state index contributed by atoms with van der Waals surface area (Å²) in [5, 5.41) is 19.0. The van der Waals surface area contributed by atoms with Crippen LogP contribution in [0.5, 0.6) is 0 Å². The van der Waals surface area contributed by atoms with E-state index in [4.69, 9.17) is 5.11 Å². The number of amides is 1. The quantitative estimate of drug-likeness (QED) is 0.586. The van der Waals surface area contributed by atoms with Gasteiger partial charge in [0.2, 0.25) is 5.91 Å². The summed E-state index contributed by atoms with van der Waals surface area (Å²) in [6, 6.07) is 9.89. The SMILES string of the molecule is O=C(O)CCCCCCN1C(=O)CCC[C@@H]1CCC(O)c1ccccc1. The van der Waals surface area contributed by atoms with E-state index in [0.29, 0.717) is 19.3 Å². The van der Waals surface area contributed by atoms with Crippen molar-refractivity contribution >= 4 is 11.9 Å². The minimum Gasteiger partial charge on any atom is -0.481 e. The van der Waals surface area contributed by atoms with E-state index in [9.17, 15) is 14.7 Å². The van der Waals surface area contributed by atoms with Crippen LogP contribution in [0, 0.1) is 0 Å². The van der Waals surface area contributed by atoms with Crippen molar-refractivity contribution in [1.82, 2.24) is 4.90 Å². The molecule has 0 saturated carbocycles. The summed E-state index contributed by atoms with van der Waals surface area (Å²) in [6.07, 6.45) is 7.26. The van der Waals surface area contributed by atoms with E-state index in [1.807, 2.05) is 35.2 Å². The van der Waals surface area contributed by atoms with Crippen LogP contribution in [-0.2, 0) is 9.59 Å². The minimum atomic E-state index is -0.742. The first-order valence-corrected chi connectivity index (χ1v) is 9.82. The molecule has 144 valence electrons. The van der Waals surface area contributed by atoms with E-state index in [1.54, 1.807) is 0 Å². The second-order valence-corrected chi connectivity index (χ2v) is 7.19. The van der Waals surface area contributed by atoms with Crippen molar-refractivity contribution in [2.24, 2.45) is 0 Å². The van der Waals surface area contributed by atoms with Gasteiger partial charge >= 0.3 is 5.97 Å². The zero-order valence-corrected chi connectivity index (χ0v) is 15.5. The molecule has 26 heavy (non-hydrogen) atoms. The molecule has 5 nitrogen and oxygen atoms in total. The van der Waals surface area contributed by atoms with Crippen LogP contribution < -0.4 is 0 Å². The Morgan fingerprint density at radius 3 is 2.62 bits per heavy atom. The summed E-state index contributed by atoms with van der Waals surface area (Å²) in [5.74, 6) is -0.519. The van der Waals surface area contributed by atoms with Crippen molar-refractivity contribution in [3.05, 3.63) is 35.9 Å². The highest BCUT2D eigenvalue weighted by Crippen LogP contribution is 2.26. The molecule has 1 unspecified atom stereocenters. The minimum absolute atomic E-state index is 0.216. The van der Waals surface area contributed by atoms with Gasteiger partial charge in [0.05, 0.1) is 6.10 Å². The predicted molar refractivity (Wildman–Crippen MR) is 101 cm³/mol. The fourth-order valence-electron chi connectivity index (χ4n) is 3.70. The monoisotopic (exact) mass is 361 g/mol. The first-order valence-electron chi connectivity index (χ1n) is 9.82. The van der Waals surface area contributed by atoms with E-state index in [1.165, 1.54) is 0 Å². The molecule has 1 fully saturated rings. The molecule has 2 atom stereocenters. The average molecular weight is 361 g/mol. The fraction of sp³-hybridized carbons (Fsp3) is 0.619. The van der Waals surface area contributed by atoms with Gasteiger partial charge in [-0.25, -0.2) is 0 Å². The summed E-state index contributed by atoms with van der Waals surface area (Å²) in [4.78, 5) is 24.8. The van der Waals surface area contributed by atoms with Crippen molar-refractivity contribution in [3.8, 4) is 0 Å². The summed E-state index contributed by atoms with van der Waals surface area (Å²) >= 11 is 0. The van der Waals surface area contributed by atoms with Gasteiger partial charge in [-0.15, -0.1) is 0 Å². The smallest absolute Gasteiger partial charge is 0.303 e. The number of hydrogen-bond donors (Lipinski definition) is 2. The number of nitrogens with zero attached hydrogens (tertiary/aromatic N) is 1. The van der Waals surface area contributed by atoms with Gasteiger partial charge in [0.15, 0.2) is 0 Å². The second-order valence-electron chi connectivity index (χ2n) is 7.19. The lowest BCUT2D eigenvalue weighted by atomic mass is 9.94. The first-order chi connectivity index (χ1) is 12.6.